The third-order valence-corrected chi connectivity index (χ3v) is 4.92. The van der Waals surface area contributed by atoms with Gasteiger partial charge in [-0.15, -0.1) is 11.3 Å². The molecule has 0 fully saturated rings. The summed E-state index contributed by atoms with van der Waals surface area (Å²) in [7, 11) is -3.61. The Kier molecular flexibility index (Phi) is 4.71. The largest absolute Gasteiger partial charge is 0.384 e. The van der Waals surface area contributed by atoms with Crippen LogP contribution in [-0.2, 0) is 14.7 Å². The van der Waals surface area contributed by atoms with Crippen molar-refractivity contribution in [2.24, 2.45) is 10.9 Å². The molecule has 2 N–H and O–H groups in total. The Labute approximate surface area is 125 Å². The monoisotopic (exact) mass is 324 g/mol. The van der Waals surface area contributed by atoms with Crippen LogP contribution in [0.1, 0.15) is 9.67 Å². The number of sulfone groups is 1. The minimum Gasteiger partial charge on any atom is -0.384 e. The van der Waals surface area contributed by atoms with E-state index in [-0.39, 0.29) is 10.7 Å². The summed E-state index contributed by atoms with van der Waals surface area (Å²) in [4.78, 5) is 16.6. The average Bonchev–Trinajstić information content (AvgIpc) is 2.99. The number of oxime groups is 1. The van der Waals surface area contributed by atoms with Gasteiger partial charge in [0, 0.05) is 0 Å². The zero-order valence-corrected chi connectivity index (χ0v) is 12.4. The molecule has 1 aromatic carbocycles. The van der Waals surface area contributed by atoms with Crippen LogP contribution in [0.3, 0.4) is 0 Å². The molecule has 0 unspecified atom stereocenters. The van der Waals surface area contributed by atoms with Crippen LogP contribution in [0.5, 0.6) is 0 Å². The maximum atomic E-state index is 12.0. The highest BCUT2D eigenvalue weighted by Crippen LogP contribution is 2.11. The van der Waals surface area contributed by atoms with Gasteiger partial charge >= 0.3 is 5.97 Å². The van der Waals surface area contributed by atoms with Crippen molar-refractivity contribution in [3.05, 3.63) is 52.7 Å². The molecule has 1 heterocycles. The Balaban J connectivity index is 2.02. The van der Waals surface area contributed by atoms with Gasteiger partial charge in [-0.1, -0.05) is 29.4 Å². The van der Waals surface area contributed by atoms with Crippen LogP contribution in [0.4, 0.5) is 0 Å². The van der Waals surface area contributed by atoms with Gasteiger partial charge < -0.3 is 10.6 Å². The summed E-state index contributed by atoms with van der Waals surface area (Å²) < 4.78 is 24.0. The van der Waals surface area contributed by atoms with Crippen LogP contribution in [-0.4, -0.2) is 26.0 Å². The predicted molar refractivity (Wildman–Crippen MR) is 79.9 cm³/mol. The summed E-state index contributed by atoms with van der Waals surface area (Å²) in [6.07, 6.45) is 0. The topological polar surface area (TPSA) is 98.8 Å². The van der Waals surface area contributed by atoms with Crippen LogP contribution >= 0.6 is 11.3 Å². The van der Waals surface area contributed by atoms with E-state index in [1.54, 1.807) is 35.7 Å². The molecular formula is C13H12N2O4S2. The fourth-order valence-corrected chi connectivity index (χ4v) is 3.25. The molecule has 0 bridgehead atoms. The summed E-state index contributed by atoms with van der Waals surface area (Å²) in [5.41, 5.74) is 5.50. The molecule has 8 heteroatoms. The third-order valence-electron chi connectivity index (χ3n) is 2.41. The van der Waals surface area contributed by atoms with Crippen LogP contribution in [0, 0.1) is 0 Å². The van der Waals surface area contributed by atoms with E-state index in [9.17, 15) is 13.2 Å². The van der Waals surface area contributed by atoms with Gasteiger partial charge in [0.15, 0.2) is 15.7 Å². The van der Waals surface area contributed by atoms with Gasteiger partial charge in [0.2, 0.25) is 0 Å². The molecule has 2 rings (SSSR count). The van der Waals surface area contributed by atoms with Gasteiger partial charge in [-0.3, -0.25) is 0 Å². The van der Waals surface area contributed by atoms with Crippen LogP contribution in [0.15, 0.2) is 57.9 Å². The molecule has 0 aliphatic carbocycles. The minimum absolute atomic E-state index is 0.132. The van der Waals surface area contributed by atoms with Gasteiger partial charge in [-0.05, 0) is 23.6 Å². The number of hydrogen-bond donors (Lipinski definition) is 1. The van der Waals surface area contributed by atoms with Crippen LogP contribution in [0.2, 0.25) is 0 Å². The number of nitrogens with two attached hydrogens (primary N) is 1. The number of carbonyl (C=O) groups is 1. The molecule has 110 valence electrons. The lowest BCUT2D eigenvalue weighted by Gasteiger charge is -2.03. The molecule has 21 heavy (non-hydrogen) atoms. The number of thiophene rings is 1. The summed E-state index contributed by atoms with van der Waals surface area (Å²) in [6.45, 7) is 0. The second kappa shape index (κ2) is 6.51. The predicted octanol–water partition coefficient (Wildman–Crippen LogP) is 1.65. The van der Waals surface area contributed by atoms with E-state index < -0.39 is 21.6 Å². The summed E-state index contributed by atoms with van der Waals surface area (Å²) in [5.74, 6) is -1.48. The van der Waals surface area contributed by atoms with E-state index in [0.29, 0.717) is 4.88 Å². The number of carbonyl (C=O) groups excluding carboxylic acids is 1. The molecule has 0 aliphatic rings. The fraction of sp³-hybridized carbons (Fsp3) is 0.0769. The quantitative estimate of drug-likeness (QED) is 0.390. The SMILES string of the molecule is NC(CS(=O)(=O)c1ccccc1)=NOC(=O)c1cccs1. The lowest BCUT2D eigenvalue weighted by molar-refractivity contribution is 0.0521. The van der Waals surface area contributed by atoms with Crippen molar-refractivity contribution in [3.8, 4) is 0 Å². The smallest absolute Gasteiger partial charge is 0.375 e. The van der Waals surface area contributed by atoms with E-state index in [1.807, 2.05) is 0 Å². The molecule has 0 atom stereocenters. The number of amidine groups is 1. The molecule has 0 amide bonds. The Morgan fingerprint density at radius 1 is 1.19 bits per heavy atom. The zero-order chi connectivity index (χ0) is 15.3. The van der Waals surface area contributed by atoms with E-state index >= 15 is 0 Å². The molecule has 1 aromatic heterocycles. The Morgan fingerprint density at radius 2 is 1.90 bits per heavy atom. The maximum absolute atomic E-state index is 12.0. The Bertz CT molecular complexity index is 738. The first kappa shape index (κ1) is 15.2. The molecule has 0 spiro atoms. The third kappa shape index (κ3) is 4.14. The number of hydrogen-bond acceptors (Lipinski definition) is 6. The van der Waals surface area contributed by atoms with E-state index in [1.165, 1.54) is 23.5 Å². The van der Waals surface area contributed by atoms with Crippen molar-refractivity contribution >= 4 is 33.0 Å². The highest BCUT2D eigenvalue weighted by Gasteiger charge is 2.17. The van der Waals surface area contributed by atoms with E-state index in [4.69, 9.17) is 5.73 Å². The van der Waals surface area contributed by atoms with E-state index in [0.717, 1.165) is 0 Å². The highest BCUT2D eigenvalue weighted by molar-refractivity contribution is 7.92. The van der Waals surface area contributed by atoms with Crippen molar-refractivity contribution in [2.75, 3.05) is 5.75 Å². The Hall–Kier alpha value is -2.19. The average molecular weight is 324 g/mol. The molecule has 0 aliphatic heterocycles. The molecular weight excluding hydrogens is 312 g/mol. The number of rotatable bonds is 5. The minimum atomic E-state index is -3.61. The zero-order valence-electron chi connectivity index (χ0n) is 10.8. The van der Waals surface area contributed by atoms with Gasteiger partial charge in [-0.25, -0.2) is 13.2 Å². The second-order valence-electron chi connectivity index (χ2n) is 4.01. The van der Waals surface area contributed by atoms with Gasteiger partial charge in [0.25, 0.3) is 0 Å². The summed E-state index contributed by atoms with van der Waals surface area (Å²) in [5, 5.41) is 5.07. The molecule has 0 radical (unpaired) electrons. The summed E-state index contributed by atoms with van der Waals surface area (Å²) >= 11 is 1.19. The highest BCUT2D eigenvalue weighted by atomic mass is 32.2. The first-order valence-electron chi connectivity index (χ1n) is 5.84. The lowest BCUT2D eigenvalue weighted by atomic mass is 10.4. The van der Waals surface area contributed by atoms with Gasteiger partial charge in [-0.2, -0.15) is 0 Å². The van der Waals surface area contributed by atoms with Crippen molar-refractivity contribution < 1.29 is 18.0 Å². The molecule has 0 saturated carbocycles. The second-order valence-corrected chi connectivity index (χ2v) is 6.95. The number of nitrogens with zero attached hydrogens (tertiary/aromatic N) is 1. The number of benzene rings is 1. The first-order chi connectivity index (χ1) is 9.99. The van der Waals surface area contributed by atoms with E-state index in [2.05, 4.69) is 9.99 Å². The first-order valence-corrected chi connectivity index (χ1v) is 8.37. The van der Waals surface area contributed by atoms with Crippen LogP contribution < -0.4 is 5.73 Å². The van der Waals surface area contributed by atoms with Crippen molar-refractivity contribution in [3.63, 3.8) is 0 Å². The van der Waals surface area contributed by atoms with Gasteiger partial charge in [0.1, 0.15) is 10.6 Å². The maximum Gasteiger partial charge on any atom is 0.375 e. The fourth-order valence-electron chi connectivity index (χ4n) is 1.47. The summed E-state index contributed by atoms with van der Waals surface area (Å²) in [6, 6.07) is 11.1. The standard InChI is InChI=1S/C13H12N2O4S2/c14-12(15-19-13(16)11-7-4-8-20-11)9-21(17,18)10-5-2-1-3-6-10/h1-8H,9H2,(H2,14,15). The van der Waals surface area contributed by atoms with Crippen molar-refractivity contribution in [1.82, 2.24) is 0 Å². The molecule has 2 aromatic rings. The molecule has 6 nitrogen and oxygen atoms in total. The van der Waals surface area contributed by atoms with Crippen molar-refractivity contribution in [2.45, 2.75) is 4.90 Å². The normalized spacial score (nSPS) is 12.1. The van der Waals surface area contributed by atoms with Crippen LogP contribution in [0.25, 0.3) is 0 Å². The lowest BCUT2D eigenvalue weighted by Crippen LogP contribution is -2.24. The molecule has 0 saturated heterocycles. The van der Waals surface area contributed by atoms with Crippen molar-refractivity contribution in [1.29, 1.82) is 0 Å². The Morgan fingerprint density at radius 3 is 2.52 bits per heavy atom. The van der Waals surface area contributed by atoms with Gasteiger partial charge in [0.05, 0.1) is 4.90 Å².